The van der Waals surface area contributed by atoms with Gasteiger partial charge in [0.05, 0.1) is 0 Å². The molecule has 0 amide bonds. The van der Waals surface area contributed by atoms with Gasteiger partial charge in [-0.05, 0) is 12.1 Å². The van der Waals surface area contributed by atoms with E-state index in [2.05, 4.69) is 21.7 Å². The van der Waals surface area contributed by atoms with Crippen LogP contribution < -0.4 is 15.8 Å². The molecule has 6 nitrogen and oxygen atoms in total. The summed E-state index contributed by atoms with van der Waals surface area (Å²) >= 11 is 0. The monoisotopic (exact) mass is 407 g/mol. The predicted octanol–water partition coefficient (Wildman–Crippen LogP) is 2.73. The molecule has 0 spiro atoms. The molecule has 5 aromatic rings. The maximum atomic E-state index is 13.4. The Balaban J connectivity index is 1.86. The van der Waals surface area contributed by atoms with Gasteiger partial charge in [-0.25, -0.2) is 18.9 Å². The molecule has 1 aliphatic rings. The Morgan fingerprint density at radius 2 is 1.42 bits per heavy atom. The second kappa shape index (κ2) is 6.47. The first-order valence-electron chi connectivity index (χ1n) is 10.2. The Kier molecular flexibility index (Phi) is 3.71. The number of nitrogens with zero attached hydrogens (tertiary/aromatic N) is 4. The second-order valence-corrected chi connectivity index (χ2v) is 7.87. The number of rotatable bonds is 2. The van der Waals surface area contributed by atoms with Crippen LogP contribution >= 0.6 is 0 Å². The molecule has 0 bridgehead atoms. The van der Waals surface area contributed by atoms with Crippen molar-refractivity contribution in [1.82, 2.24) is 14.1 Å². The summed E-state index contributed by atoms with van der Waals surface area (Å²) in [5.41, 5.74) is 3.85. The molecule has 0 N–H and O–H groups in total. The maximum absolute atomic E-state index is 13.4. The van der Waals surface area contributed by atoms with Gasteiger partial charge in [-0.3, -0.25) is 4.79 Å². The molecule has 0 fully saturated rings. The third-order valence-corrected chi connectivity index (χ3v) is 6.18. The highest BCUT2D eigenvalue weighted by atomic mass is 16.2. The largest absolute Gasteiger partial charge is 0.418 e. The van der Waals surface area contributed by atoms with E-state index in [0.717, 1.165) is 26.7 Å². The number of hydrogen-bond donors (Lipinski definition) is 0. The Labute approximate surface area is 177 Å². The summed E-state index contributed by atoms with van der Waals surface area (Å²) in [5.74, 6) is 0. The van der Waals surface area contributed by atoms with Gasteiger partial charge < -0.3 is 0 Å². The Hall–Kier alpha value is -4.06. The minimum atomic E-state index is -0.378. The highest BCUT2D eigenvalue weighted by Gasteiger charge is 2.47. The second-order valence-electron chi connectivity index (χ2n) is 7.87. The quantitative estimate of drug-likeness (QED) is 0.334. The summed E-state index contributed by atoms with van der Waals surface area (Å²) in [5, 5.41) is 0. The van der Waals surface area contributed by atoms with Crippen molar-refractivity contribution in [3.63, 3.8) is 0 Å². The summed E-state index contributed by atoms with van der Waals surface area (Å²) in [6.45, 7) is 0. The van der Waals surface area contributed by atoms with Crippen molar-refractivity contribution in [2.75, 3.05) is 0 Å². The molecule has 0 aliphatic carbocycles. The van der Waals surface area contributed by atoms with Crippen LogP contribution in [0.15, 0.2) is 94.5 Å². The van der Waals surface area contributed by atoms with Gasteiger partial charge in [0, 0.05) is 18.2 Å². The van der Waals surface area contributed by atoms with Gasteiger partial charge in [-0.15, -0.1) is 0 Å². The zero-order chi connectivity index (χ0) is 21.1. The van der Waals surface area contributed by atoms with E-state index in [1.807, 2.05) is 72.8 Å². The minimum absolute atomic E-state index is 0.200. The van der Waals surface area contributed by atoms with Crippen LogP contribution in [0.5, 0.6) is 0 Å². The molecule has 3 heterocycles. The zero-order valence-electron chi connectivity index (χ0n) is 16.8. The van der Waals surface area contributed by atoms with Gasteiger partial charge in [0.2, 0.25) is 5.52 Å². The molecule has 0 saturated carbocycles. The summed E-state index contributed by atoms with van der Waals surface area (Å²) in [6.07, 6.45) is 0. The molecular weight excluding hydrogens is 388 g/mol. The van der Waals surface area contributed by atoms with Crippen molar-refractivity contribution in [3.8, 4) is 0 Å². The summed E-state index contributed by atoms with van der Waals surface area (Å²) in [7, 11) is 1.52. The zero-order valence-corrected chi connectivity index (χ0v) is 16.8. The normalized spacial score (nSPS) is 17.5. The average molecular weight is 407 g/mol. The van der Waals surface area contributed by atoms with Crippen molar-refractivity contribution in [2.45, 2.75) is 12.1 Å². The van der Waals surface area contributed by atoms with Crippen LogP contribution in [0.3, 0.4) is 0 Å². The number of benzene rings is 3. The fourth-order valence-corrected chi connectivity index (χ4v) is 4.81. The molecule has 150 valence electrons. The van der Waals surface area contributed by atoms with Crippen LogP contribution in [0, 0.1) is 0 Å². The fourth-order valence-electron chi connectivity index (χ4n) is 4.81. The summed E-state index contributed by atoms with van der Waals surface area (Å²) in [4.78, 5) is 31.2. The lowest BCUT2D eigenvalue weighted by Gasteiger charge is -2.18. The van der Waals surface area contributed by atoms with Gasteiger partial charge in [0.1, 0.15) is 5.52 Å². The third kappa shape index (κ3) is 2.39. The molecule has 6 rings (SSSR count). The van der Waals surface area contributed by atoms with Gasteiger partial charge in [-0.1, -0.05) is 72.8 Å². The fraction of sp³-hybridized carbons (Fsp3) is 0.120. The topological polar surface area (TPSA) is 60.8 Å². The first-order chi connectivity index (χ1) is 15.2. The van der Waals surface area contributed by atoms with Crippen molar-refractivity contribution < 1.29 is 4.57 Å². The Bertz CT molecular complexity index is 1590. The number of aromatic nitrogens is 4. The average Bonchev–Trinajstić information content (AvgIpc) is 3.19. The molecule has 0 radical (unpaired) electrons. The van der Waals surface area contributed by atoms with Crippen molar-refractivity contribution >= 4 is 22.2 Å². The van der Waals surface area contributed by atoms with E-state index in [4.69, 9.17) is 0 Å². The lowest BCUT2D eigenvalue weighted by molar-refractivity contribution is -0.658. The van der Waals surface area contributed by atoms with Gasteiger partial charge in [0.15, 0.2) is 17.6 Å². The molecule has 2 aromatic heterocycles. The van der Waals surface area contributed by atoms with E-state index < -0.39 is 0 Å². The van der Waals surface area contributed by atoms with E-state index in [1.54, 1.807) is 4.57 Å². The maximum Gasteiger partial charge on any atom is 0.418 e. The van der Waals surface area contributed by atoms with E-state index in [-0.39, 0.29) is 23.3 Å². The van der Waals surface area contributed by atoms with E-state index in [0.29, 0.717) is 11.2 Å². The number of fused-ring (bicyclic) bond motifs is 2. The van der Waals surface area contributed by atoms with Crippen LogP contribution in [0.25, 0.3) is 22.2 Å². The highest BCUT2D eigenvalue weighted by Crippen LogP contribution is 2.38. The van der Waals surface area contributed by atoms with E-state index in [1.165, 1.54) is 7.05 Å². The van der Waals surface area contributed by atoms with Crippen molar-refractivity contribution in [1.29, 1.82) is 0 Å². The van der Waals surface area contributed by atoms with Gasteiger partial charge in [0.25, 0.3) is 5.56 Å². The number of hydrogen-bond acceptors (Lipinski definition) is 3. The lowest BCUT2D eigenvalue weighted by atomic mass is 9.94. The molecule has 6 heteroatoms. The molecule has 31 heavy (non-hydrogen) atoms. The Morgan fingerprint density at radius 1 is 0.806 bits per heavy atom. The smallest absolute Gasteiger partial charge is 0.266 e. The van der Waals surface area contributed by atoms with Crippen molar-refractivity contribution in [3.05, 3.63) is 117 Å². The molecule has 0 saturated heterocycles. The van der Waals surface area contributed by atoms with Crippen molar-refractivity contribution in [2.24, 2.45) is 7.05 Å². The molecule has 0 unspecified atom stereocenters. The standard InChI is InChI=1S/C25H19N4O2/c1-27-24(30)20-23-28(19-15-9-8-14-18(19)26-20)21(16-10-4-2-5-11-16)22(29(23)25(27)31)17-12-6-3-7-13-17/h2-15,21-22H,1H3/q+1/t21-,22+/m1/s1. The highest BCUT2D eigenvalue weighted by molar-refractivity contribution is 5.80. The Morgan fingerprint density at radius 3 is 2.13 bits per heavy atom. The van der Waals surface area contributed by atoms with Crippen LogP contribution in [0.1, 0.15) is 23.2 Å². The van der Waals surface area contributed by atoms with Gasteiger partial charge >= 0.3 is 11.3 Å². The van der Waals surface area contributed by atoms with Gasteiger partial charge in [-0.2, -0.15) is 4.57 Å². The minimum Gasteiger partial charge on any atom is -0.266 e. The molecule has 3 aromatic carbocycles. The molecule has 2 atom stereocenters. The SMILES string of the molecule is Cn1c(=O)c2nc3ccccc3[n+]3c2n(c1=O)[C@@H](c1ccccc1)[C@H]3c1ccccc1. The molecule has 1 aliphatic heterocycles. The first-order valence-corrected chi connectivity index (χ1v) is 10.2. The number of para-hydroxylation sites is 2. The lowest BCUT2D eigenvalue weighted by Crippen LogP contribution is -2.42. The first kappa shape index (κ1) is 17.8. The third-order valence-electron chi connectivity index (χ3n) is 6.18. The van der Waals surface area contributed by atoms with Crippen LogP contribution in [0.4, 0.5) is 0 Å². The van der Waals surface area contributed by atoms with E-state index >= 15 is 0 Å². The molecular formula is C25H19N4O2+. The van der Waals surface area contributed by atoms with Crippen LogP contribution in [0.2, 0.25) is 0 Å². The van der Waals surface area contributed by atoms with Crippen LogP contribution in [-0.4, -0.2) is 14.1 Å². The van der Waals surface area contributed by atoms with Crippen LogP contribution in [-0.2, 0) is 7.05 Å². The predicted molar refractivity (Wildman–Crippen MR) is 118 cm³/mol. The van der Waals surface area contributed by atoms with E-state index in [9.17, 15) is 9.59 Å². The summed E-state index contributed by atoms with van der Waals surface area (Å²) in [6, 6.07) is 27.4. The summed E-state index contributed by atoms with van der Waals surface area (Å²) < 4.78 is 5.02.